The van der Waals surface area contributed by atoms with Gasteiger partial charge in [0.25, 0.3) is 5.56 Å². The highest BCUT2D eigenvalue weighted by Gasteiger charge is 2.52. The number of H-pyrrole nitrogens is 1. The topological polar surface area (TPSA) is 151 Å². The number of nitrogens with one attached hydrogen (secondary N) is 1. The first-order chi connectivity index (χ1) is 10.7. The van der Waals surface area contributed by atoms with Crippen molar-refractivity contribution in [2.45, 2.75) is 37.4 Å². The maximum absolute atomic E-state index is 12.0. The number of methoxy groups -OCH3 is 1. The number of carbonyl (C=O) groups is 1. The highest BCUT2D eigenvalue weighted by Crippen LogP contribution is 2.34. The molecule has 4 N–H and O–H groups in total. The zero-order valence-electron chi connectivity index (χ0n) is 12.6. The molecule has 0 bridgehead atoms. The predicted octanol–water partition coefficient (Wildman–Crippen LogP) is -2.96. The molecule has 1 saturated heterocycles. The van der Waals surface area contributed by atoms with Crippen molar-refractivity contribution in [3.63, 3.8) is 0 Å². The van der Waals surface area contributed by atoms with Gasteiger partial charge < -0.3 is 24.8 Å². The average Bonchev–Trinajstić information content (AvgIpc) is 2.74. The van der Waals surface area contributed by atoms with Gasteiger partial charge in [0.2, 0.25) is 0 Å². The number of nitrogens with zero attached hydrogens (tertiary/aromatic N) is 1. The summed E-state index contributed by atoms with van der Waals surface area (Å²) in [4.78, 5) is 37.1. The first-order valence-electron chi connectivity index (χ1n) is 6.81. The van der Waals surface area contributed by atoms with Crippen LogP contribution in [0.2, 0.25) is 0 Å². The number of hydrogen-bond donors (Lipinski definition) is 4. The van der Waals surface area contributed by atoms with Gasteiger partial charge in [-0.15, -0.1) is 0 Å². The number of hydrogen-bond acceptors (Lipinski definition) is 8. The summed E-state index contributed by atoms with van der Waals surface area (Å²) in [6.07, 6.45) is -3.38. The molecule has 0 saturated carbocycles. The quantitative estimate of drug-likeness (QED) is 0.427. The standard InChI is InChI=1S/C13H18N2O8/c1-13(10(19)9(18)7(5-16)23-13)15-4-6(3-8(17)22-2)11(20)14-12(15)21/h4,7,9-10,16,18-19H,3,5H2,1-2H3,(H,14,20,21)/t7-,9-,10-,13-/m1/s1. The molecule has 1 aromatic heterocycles. The minimum Gasteiger partial charge on any atom is -0.469 e. The van der Waals surface area contributed by atoms with Gasteiger partial charge >= 0.3 is 11.7 Å². The van der Waals surface area contributed by atoms with E-state index in [4.69, 9.17) is 9.84 Å². The van der Waals surface area contributed by atoms with Crippen molar-refractivity contribution >= 4 is 5.97 Å². The van der Waals surface area contributed by atoms with Crippen molar-refractivity contribution in [1.29, 1.82) is 0 Å². The monoisotopic (exact) mass is 330 g/mol. The Balaban J connectivity index is 2.51. The second kappa shape index (κ2) is 6.24. The number of rotatable bonds is 4. The number of ether oxygens (including phenoxy) is 2. The van der Waals surface area contributed by atoms with Gasteiger partial charge in [0.05, 0.1) is 20.1 Å². The fraction of sp³-hybridized carbons (Fsp3) is 0.615. The lowest BCUT2D eigenvalue weighted by molar-refractivity contribution is -0.140. The van der Waals surface area contributed by atoms with Crippen molar-refractivity contribution in [2.75, 3.05) is 13.7 Å². The summed E-state index contributed by atoms with van der Waals surface area (Å²) in [6.45, 7) is 0.749. The zero-order chi connectivity index (χ0) is 17.4. The van der Waals surface area contributed by atoms with Gasteiger partial charge in [-0.2, -0.15) is 0 Å². The van der Waals surface area contributed by atoms with E-state index in [1.165, 1.54) is 6.92 Å². The highest BCUT2D eigenvalue weighted by atomic mass is 16.6. The van der Waals surface area contributed by atoms with Crippen LogP contribution < -0.4 is 11.2 Å². The second-order valence-corrected chi connectivity index (χ2v) is 5.37. The molecule has 0 amide bonds. The van der Waals surface area contributed by atoms with Crippen LogP contribution in [0.4, 0.5) is 0 Å². The molecule has 10 nitrogen and oxygen atoms in total. The average molecular weight is 330 g/mol. The van der Waals surface area contributed by atoms with Gasteiger partial charge in [-0.3, -0.25) is 19.1 Å². The molecule has 2 rings (SSSR count). The maximum Gasteiger partial charge on any atom is 0.330 e. The first-order valence-corrected chi connectivity index (χ1v) is 6.81. The molecule has 10 heteroatoms. The molecule has 1 aliphatic heterocycles. The van der Waals surface area contributed by atoms with Gasteiger partial charge in [-0.25, -0.2) is 4.79 Å². The zero-order valence-corrected chi connectivity index (χ0v) is 12.6. The third-order valence-corrected chi connectivity index (χ3v) is 3.88. The summed E-state index contributed by atoms with van der Waals surface area (Å²) in [5.41, 5.74) is -3.46. The minimum absolute atomic E-state index is 0.0737. The Hall–Kier alpha value is -2.01. The molecule has 2 heterocycles. The van der Waals surface area contributed by atoms with E-state index in [9.17, 15) is 24.6 Å². The Morgan fingerprint density at radius 3 is 2.65 bits per heavy atom. The van der Waals surface area contributed by atoms with Gasteiger partial charge in [0, 0.05) is 11.8 Å². The molecule has 1 aliphatic rings. The van der Waals surface area contributed by atoms with E-state index in [1.807, 2.05) is 4.98 Å². The van der Waals surface area contributed by atoms with Crippen LogP contribution in [-0.2, 0) is 26.4 Å². The Morgan fingerprint density at radius 1 is 1.48 bits per heavy atom. The van der Waals surface area contributed by atoms with Crippen molar-refractivity contribution < 1.29 is 29.6 Å². The highest BCUT2D eigenvalue weighted by molar-refractivity contribution is 5.72. The number of aromatic nitrogens is 2. The van der Waals surface area contributed by atoms with Crippen molar-refractivity contribution in [3.05, 3.63) is 32.6 Å². The third-order valence-electron chi connectivity index (χ3n) is 3.88. The first kappa shape index (κ1) is 17.3. The predicted molar refractivity (Wildman–Crippen MR) is 74.7 cm³/mol. The van der Waals surface area contributed by atoms with Crippen molar-refractivity contribution in [2.24, 2.45) is 0 Å². The Morgan fingerprint density at radius 2 is 2.13 bits per heavy atom. The van der Waals surface area contributed by atoms with Gasteiger partial charge in [-0.05, 0) is 6.92 Å². The number of aromatic amines is 1. The summed E-state index contributed by atoms with van der Waals surface area (Å²) in [6, 6.07) is 0. The molecule has 0 unspecified atom stereocenters. The van der Waals surface area contributed by atoms with Crippen LogP contribution >= 0.6 is 0 Å². The SMILES string of the molecule is COC(=O)Cc1cn([C@]2(C)O[C@H](CO)[C@@H](O)[C@H]2O)c(=O)[nH]c1=O. The number of aliphatic hydroxyl groups excluding tert-OH is 3. The second-order valence-electron chi connectivity index (χ2n) is 5.37. The van der Waals surface area contributed by atoms with Crippen LogP contribution in [0.5, 0.6) is 0 Å². The van der Waals surface area contributed by atoms with Crippen LogP contribution in [0.1, 0.15) is 12.5 Å². The molecular formula is C13H18N2O8. The normalized spacial score (nSPS) is 30.4. The Kier molecular flexibility index (Phi) is 4.71. The van der Waals surface area contributed by atoms with E-state index in [1.54, 1.807) is 0 Å². The van der Waals surface area contributed by atoms with Crippen molar-refractivity contribution in [3.8, 4) is 0 Å². The van der Waals surface area contributed by atoms with Crippen LogP contribution in [0.25, 0.3) is 0 Å². The fourth-order valence-corrected chi connectivity index (χ4v) is 2.50. The Bertz CT molecular complexity index is 711. The smallest absolute Gasteiger partial charge is 0.330 e. The number of carbonyl (C=O) groups excluding carboxylic acids is 1. The summed E-state index contributed by atoms with van der Waals surface area (Å²) < 4.78 is 10.7. The van der Waals surface area contributed by atoms with Gasteiger partial charge in [0.15, 0.2) is 5.72 Å². The van der Waals surface area contributed by atoms with E-state index in [0.717, 1.165) is 17.9 Å². The summed E-state index contributed by atoms with van der Waals surface area (Å²) in [5, 5.41) is 29.2. The van der Waals surface area contributed by atoms with Gasteiger partial charge in [-0.1, -0.05) is 0 Å². The lowest BCUT2D eigenvalue weighted by Gasteiger charge is -2.30. The summed E-state index contributed by atoms with van der Waals surface area (Å²) in [5.74, 6) is -0.688. The van der Waals surface area contributed by atoms with E-state index in [-0.39, 0.29) is 12.0 Å². The van der Waals surface area contributed by atoms with Crippen LogP contribution in [-0.4, -0.2) is 62.9 Å². The molecule has 1 aromatic rings. The molecule has 4 atom stereocenters. The molecule has 0 aliphatic carbocycles. The van der Waals surface area contributed by atoms with E-state index < -0.39 is 47.9 Å². The molecule has 0 spiro atoms. The molecule has 1 fully saturated rings. The lowest BCUT2D eigenvalue weighted by Crippen LogP contribution is -2.50. The molecule has 128 valence electrons. The van der Waals surface area contributed by atoms with Crippen LogP contribution in [0.15, 0.2) is 15.8 Å². The minimum atomic E-state index is -1.72. The maximum atomic E-state index is 12.0. The van der Waals surface area contributed by atoms with E-state index >= 15 is 0 Å². The molecule has 23 heavy (non-hydrogen) atoms. The number of aliphatic hydroxyl groups is 3. The fourth-order valence-electron chi connectivity index (χ4n) is 2.50. The van der Waals surface area contributed by atoms with Crippen LogP contribution in [0, 0.1) is 0 Å². The summed E-state index contributed by atoms with van der Waals surface area (Å²) >= 11 is 0. The lowest BCUT2D eigenvalue weighted by atomic mass is 10.0. The summed E-state index contributed by atoms with van der Waals surface area (Å²) in [7, 11) is 1.15. The third kappa shape index (κ3) is 2.93. The molecule has 0 radical (unpaired) electrons. The van der Waals surface area contributed by atoms with Crippen LogP contribution in [0.3, 0.4) is 0 Å². The Labute approximate surface area is 129 Å². The molecule has 0 aromatic carbocycles. The number of esters is 1. The van der Waals surface area contributed by atoms with E-state index in [0.29, 0.717) is 0 Å². The van der Waals surface area contributed by atoms with Crippen molar-refractivity contribution in [1.82, 2.24) is 9.55 Å². The van der Waals surface area contributed by atoms with Gasteiger partial charge in [0.1, 0.15) is 18.3 Å². The van der Waals surface area contributed by atoms with E-state index in [2.05, 4.69) is 4.74 Å². The largest absolute Gasteiger partial charge is 0.469 e. The molecular weight excluding hydrogens is 312 g/mol.